The van der Waals surface area contributed by atoms with Crippen molar-refractivity contribution in [2.45, 2.75) is 18.6 Å². The normalized spacial score (nSPS) is 18.5. The van der Waals surface area contributed by atoms with Gasteiger partial charge < -0.3 is 19.5 Å². The molecule has 1 unspecified atom stereocenters. The molecule has 1 atom stereocenters. The van der Waals surface area contributed by atoms with Crippen LogP contribution < -0.4 is 14.4 Å². The van der Waals surface area contributed by atoms with Gasteiger partial charge in [0.05, 0.1) is 18.7 Å². The van der Waals surface area contributed by atoms with Crippen LogP contribution in [0, 0.1) is 0 Å². The van der Waals surface area contributed by atoms with Gasteiger partial charge in [0.25, 0.3) is 5.91 Å². The smallest absolute Gasteiger partial charge is 0.264 e. The van der Waals surface area contributed by atoms with Gasteiger partial charge in [-0.1, -0.05) is 60.7 Å². The molecule has 0 radical (unpaired) electrons. The number of amides is 1. The predicted octanol–water partition coefficient (Wildman–Crippen LogP) is 4.62. The Hall–Kier alpha value is -4.16. The number of rotatable bonds is 5. The summed E-state index contributed by atoms with van der Waals surface area (Å²) in [5.41, 5.74) is 0.430. The highest BCUT2D eigenvalue weighted by Crippen LogP contribution is 2.44. The number of fused-ring (bicyclic) bond motifs is 3. The fourth-order valence-electron chi connectivity index (χ4n) is 4.99. The van der Waals surface area contributed by atoms with Gasteiger partial charge in [0, 0.05) is 11.1 Å². The van der Waals surface area contributed by atoms with Gasteiger partial charge in [-0.3, -0.25) is 9.59 Å². The van der Waals surface area contributed by atoms with Crippen LogP contribution in [0.4, 0.5) is 5.69 Å². The van der Waals surface area contributed by atoms with E-state index in [9.17, 15) is 14.7 Å². The molecule has 4 aromatic carbocycles. The number of hydrogen-bond donors (Lipinski definition) is 1. The van der Waals surface area contributed by atoms with Crippen molar-refractivity contribution >= 4 is 28.2 Å². The topological polar surface area (TPSA) is 76.1 Å². The van der Waals surface area contributed by atoms with E-state index in [2.05, 4.69) is 0 Å². The Morgan fingerprint density at radius 3 is 2.51 bits per heavy atom. The Kier molecular flexibility index (Phi) is 5.04. The standard InChI is InChI=1S/C29H23NO5/c31-25(20-12-13-26-27(16-20)35-15-14-34-26)17-29(33)23-10-3-4-11-24(23)30(28(29)32)18-21-8-5-7-19-6-1-2-9-22(19)21/h1-13,16,33H,14-15,17-18H2. The molecule has 174 valence electrons. The molecule has 6 rings (SSSR count). The van der Waals surface area contributed by atoms with Gasteiger partial charge in [-0.15, -0.1) is 0 Å². The van der Waals surface area contributed by atoms with Crippen LogP contribution in [0.3, 0.4) is 0 Å². The monoisotopic (exact) mass is 465 g/mol. The average molecular weight is 466 g/mol. The summed E-state index contributed by atoms with van der Waals surface area (Å²) in [5, 5.41) is 13.8. The molecule has 6 heteroatoms. The molecule has 2 heterocycles. The van der Waals surface area contributed by atoms with Gasteiger partial charge >= 0.3 is 0 Å². The molecule has 0 saturated heterocycles. The Bertz CT molecular complexity index is 1470. The zero-order chi connectivity index (χ0) is 24.0. The zero-order valence-electron chi connectivity index (χ0n) is 18.9. The molecule has 0 fully saturated rings. The van der Waals surface area contributed by atoms with Crippen molar-refractivity contribution in [2.24, 2.45) is 0 Å². The minimum atomic E-state index is -1.95. The minimum absolute atomic E-state index is 0.289. The quantitative estimate of drug-likeness (QED) is 0.436. The summed E-state index contributed by atoms with van der Waals surface area (Å²) in [6.45, 7) is 1.15. The molecule has 6 nitrogen and oxygen atoms in total. The van der Waals surface area contributed by atoms with Crippen molar-refractivity contribution in [1.82, 2.24) is 0 Å². The van der Waals surface area contributed by atoms with Crippen LogP contribution in [0.25, 0.3) is 10.8 Å². The third-order valence-electron chi connectivity index (χ3n) is 6.73. The van der Waals surface area contributed by atoms with E-state index in [0.29, 0.717) is 41.5 Å². The lowest BCUT2D eigenvalue weighted by Gasteiger charge is -2.24. The Morgan fingerprint density at radius 2 is 1.63 bits per heavy atom. The second kappa shape index (κ2) is 8.25. The number of ketones is 1. The zero-order valence-corrected chi connectivity index (χ0v) is 18.9. The summed E-state index contributed by atoms with van der Waals surface area (Å²) in [6, 6.07) is 26.0. The SMILES string of the molecule is O=C(CC1(O)C(=O)N(Cc2cccc3ccccc23)c2ccccc21)c1ccc2c(c1)OCCO2. The third-order valence-corrected chi connectivity index (χ3v) is 6.73. The number of para-hydroxylation sites is 1. The van der Waals surface area contributed by atoms with E-state index < -0.39 is 11.5 Å². The highest BCUT2D eigenvalue weighted by atomic mass is 16.6. The van der Waals surface area contributed by atoms with Crippen molar-refractivity contribution in [3.05, 3.63) is 102 Å². The van der Waals surface area contributed by atoms with E-state index in [1.165, 1.54) is 0 Å². The predicted molar refractivity (Wildman–Crippen MR) is 132 cm³/mol. The average Bonchev–Trinajstić information content (AvgIpc) is 3.10. The fourth-order valence-corrected chi connectivity index (χ4v) is 4.99. The molecule has 2 aliphatic heterocycles. The molecular weight excluding hydrogens is 442 g/mol. The molecular formula is C29H23NO5. The maximum absolute atomic E-state index is 13.7. The maximum atomic E-state index is 13.7. The van der Waals surface area contributed by atoms with Gasteiger partial charge in [0.1, 0.15) is 13.2 Å². The van der Waals surface area contributed by atoms with E-state index in [1.807, 2.05) is 54.6 Å². The number of nitrogens with zero attached hydrogens (tertiary/aromatic N) is 1. The van der Waals surface area contributed by atoms with Gasteiger partial charge in [-0.2, -0.15) is 0 Å². The van der Waals surface area contributed by atoms with E-state index in [0.717, 1.165) is 16.3 Å². The Labute approximate surface area is 202 Å². The van der Waals surface area contributed by atoms with E-state index in [-0.39, 0.29) is 18.7 Å². The van der Waals surface area contributed by atoms with Crippen LogP contribution >= 0.6 is 0 Å². The highest BCUT2D eigenvalue weighted by molar-refractivity contribution is 6.11. The molecule has 1 N–H and O–H groups in total. The lowest BCUT2D eigenvalue weighted by atomic mass is 9.88. The summed E-state index contributed by atoms with van der Waals surface area (Å²) in [5.74, 6) is 0.219. The second-order valence-electron chi connectivity index (χ2n) is 8.87. The van der Waals surface area contributed by atoms with Crippen LogP contribution in [0.1, 0.15) is 27.9 Å². The van der Waals surface area contributed by atoms with Crippen molar-refractivity contribution in [3.8, 4) is 11.5 Å². The van der Waals surface area contributed by atoms with Crippen LogP contribution in [0.15, 0.2) is 84.9 Å². The number of hydrogen-bond acceptors (Lipinski definition) is 5. The first kappa shape index (κ1) is 21.4. The van der Waals surface area contributed by atoms with Crippen LogP contribution in [-0.4, -0.2) is 30.0 Å². The first-order valence-electron chi connectivity index (χ1n) is 11.6. The van der Waals surface area contributed by atoms with Crippen LogP contribution in [-0.2, 0) is 16.9 Å². The summed E-state index contributed by atoms with van der Waals surface area (Å²) < 4.78 is 11.1. The van der Waals surface area contributed by atoms with E-state index in [4.69, 9.17) is 9.47 Å². The molecule has 2 aliphatic rings. The number of benzene rings is 4. The van der Waals surface area contributed by atoms with Gasteiger partial charge in [-0.05, 0) is 40.6 Å². The fraction of sp³-hybridized carbons (Fsp3) is 0.172. The highest BCUT2D eigenvalue weighted by Gasteiger charge is 2.50. The summed E-state index contributed by atoms with van der Waals surface area (Å²) in [7, 11) is 0. The number of aliphatic hydroxyl groups is 1. The number of carbonyl (C=O) groups is 2. The summed E-state index contributed by atoms with van der Waals surface area (Å²) >= 11 is 0. The number of anilines is 1. The van der Waals surface area contributed by atoms with Crippen molar-refractivity contribution in [1.29, 1.82) is 0 Å². The summed E-state index contributed by atoms with van der Waals surface area (Å²) in [6.07, 6.45) is -0.367. The number of Topliss-reactive ketones (excluding diaryl/α,β-unsaturated/α-hetero) is 1. The van der Waals surface area contributed by atoms with Gasteiger partial charge in [-0.25, -0.2) is 0 Å². The Morgan fingerprint density at radius 1 is 0.886 bits per heavy atom. The van der Waals surface area contributed by atoms with E-state index >= 15 is 0 Å². The molecule has 0 bridgehead atoms. The molecule has 1 amide bonds. The number of carbonyl (C=O) groups excluding carboxylic acids is 2. The van der Waals surface area contributed by atoms with Crippen LogP contribution in [0.2, 0.25) is 0 Å². The molecule has 4 aromatic rings. The van der Waals surface area contributed by atoms with Crippen molar-refractivity contribution < 1.29 is 24.2 Å². The lowest BCUT2D eigenvalue weighted by Crippen LogP contribution is -2.41. The second-order valence-corrected chi connectivity index (χ2v) is 8.87. The van der Waals surface area contributed by atoms with Crippen molar-refractivity contribution in [3.63, 3.8) is 0 Å². The first-order chi connectivity index (χ1) is 17.0. The lowest BCUT2D eigenvalue weighted by molar-refractivity contribution is -0.136. The van der Waals surface area contributed by atoms with Gasteiger partial charge in [0.15, 0.2) is 22.9 Å². The molecule has 0 aromatic heterocycles. The molecule has 0 aliphatic carbocycles. The molecule has 35 heavy (non-hydrogen) atoms. The van der Waals surface area contributed by atoms with Crippen LogP contribution in [0.5, 0.6) is 11.5 Å². The Balaban J connectivity index is 1.34. The van der Waals surface area contributed by atoms with E-state index in [1.54, 1.807) is 35.2 Å². The summed E-state index contributed by atoms with van der Waals surface area (Å²) in [4.78, 5) is 28.5. The number of ether oxygens (including phenoxy) is 2. The molecule has 0 saturated carbocycles. The van der Waals surface area contributed by atoms with Gasteiger partial charge in [0.2, 0.25) is 0 Å². The molecule has 0 spiro atoms. The third kappa shape index (κ3) is 3.54. The minimum Gasteiger partial charge on any atom is -0.486 e. The first-order valence-corrected chi connectivity index (χ1v) is 11.6. The largest absolute Gasteiger partial charge is 0.486 e. The van der Waals surface area contributed by atoms with Crippen molar-refractivity contribution in [2.75, 3.05) is 18.1 Å². The maximum Gasteiger partial charge on any atom is 0.264 e.